The number of carbonyl (C=O) groups is 4. The number of carbonyl (C=O) groups excluding carboxylic acids is 2. The zero-order valence-electron chi connectivity index (χ0n) is 24.8. The third kappa shape index (κ3) is 7.84. The predicted molar refractivity (Wildman–Crippen MR) is 165 cm³/mol. The minimum atomic E-state index is -1.30. The fraction of sp³-hybridized carbons (Fsp3) is 0.375. The first-order valence-electron chi connectivity index (χ1n) is 14.5. The molecule has 13 nitrogen and oxygen atoms in total. The Balaban J connectivity index is 1.45. The number of hydrogen-bond acceptors (Lipinski definition) is 8. The number of anilines is 1. The van der Waals surface area contributed by atoms with E-state index in [0.717, 1.165) is 29.7 Å². The van der Waals surface area contributed by atoms with Crippen LogP contribution in [0.5, 0.6) is 0 Å². The summed E-state index contributed by atoms with van der Waals surface area (Å²) < 4.78 is 0. The molecule has 13 heteroatoms. The lowest BCUT2D eigenvalue weighted by Crippen LogP contribution is -2.41. The van der Waals surface area contributed by atoms with Gasteiger partial charge in [0.1, 0.15) is 18.5 Å². The van der Waals surface area contributed by atoms with Gasteiger partial charge in [-0.15, -0.1) is 6.42 Å². The summed E-state index contributed by atoms with van der Waals surface area (Å²) in [5.74, 6) is -0.345. The maximum atomic E-state index is 12.9. The molecule has 0 fully saturated rings. The van der Waals surface area contributed by atoms with E-state index in [1.54, 1.807) is 24.3 Å². The third-order valence-electron chi connectivity index (χ3n) is 7.87. The number of nitrogens with one attached hydrogen (secondary N) is 2. The first kappa shape index (κ1) is 32.7. The van der Waals surface area contributed by atoms with Crippen LogP contribution in [0.15, 0.2) is 41.2 Å². The largest absolute Gasteiger partial charge is 0.481 e. The number of aliphatic hydroxyl groups excluding tert-OH is 1. The summed E-state index contributed by atoms with van der Waals surface area (Å²) >= 11 is 0. The van der Waals surface area contributed by atoms with E-state index in [0.29, 0.717) is 10.9 Å². The number of hydrogen-bond donors (Lipinski definition) is 5. The van der Waals surface area contributed by atoms with Crippen molar-refractivity contribution in [2.45, 2.75) is 57.2 Å². The van der Waals surface area contributed by atoms with Gasteiger partial charge in [0.05, 0.1) is 23.5 Å². The van der Waals surface area contributed by atoms with Gasteiger partial charge in [0.2, 0.25) is 5.91 Å². The van der Waals surface area contributed by atoms with Gasteiger partial charge in [0.15, 0.2) is 0 Å². The van der Waals surface area contributed by atoms with Gasteiger partial charge in [0, 0.05) is 37.7 Å². The second-order valence-electron chi connectivity index (χ2n) is 10.9. The second-order valence-corrected chi connectivity index (χ2v) is 10.9. The first-order valence-corrected chi connectivity index (χ1v) is 14.5. The molecular weight excluding hydrogens is 582 g/mol. The highest BCUT2D eigenvalue weighted by molar-refractivity contribution is 5.97. The van der Waals surface area contributed by atoms with Crippen molar-refractivity contribution in [1.29, 1.82) is 0 Å². The van der Waals surface area contributed by atoms with Crippen LogP contribution in [0.1, 0.15) is 65.5 Å². The van der Waals surface area contributed by atoms with Crippen molar-refractivity contribution in [1.82, 2.24) is 20.2 Å². The molecule has 0 saturated carbocycles. The molecule has 5 N–H and O–H groups in total. The maximum absolute atomic E-state index is 12.9. The van der Waals surface area contributed by atoms with Crippen molar-refractivity contribution in [3.8, 4) is 12.3 Å². The molecule has 236 valence electrons. The minimum Gasteiger partial charge on any atom is -0.481 e. The number of benzene rings is 2. The second kappa shape index (κ2) is 14.5. The number of aryl methyl sites for hydroxylation is 1. The van der Waals surface area contributed by atoms with Gasteiger partial charge in [-0.2, -0.15) is 0 Å². The Hall–Kier alpha value is -5.22. The molecule has 0 radical (unpaired) electrons. The highest BCUT2D eigenvalue weighted by atomic mass is 16.4. The average molecular weight is 618 g/mol. The van der Waals surface area contributed by atoms with Crippen molar-refractivity contribution in [2.75, 3.05) is 25.0 Å². The number of fused-ring (bicyclic) bond motifs is 2. The van der Waals surface area contributed by atoms with E-state index >= 15 is 0 Å². The molecule has 0 spiro atoms. The van der Waals surface area contributed by atoms with Gasteiger partial charge in [-0.3, -0.25) is 19.2 Å². The number of aliphatic carboxylic acids is 2. The van der Waals surface area contributed by atoms with Gasteiger partial charge in [0.25, 0.3) is 11.5 Å². The number of amides is 2. The summed E-state index contributed by atoms with van der Waals surface area (Å²) in [5, 5.41) is 30.7. The monoisotopic (exact) mass is 617 g/mol. The Morgan fingerprint density at radius 2 is 1.89 bits per heavy atom. The lowest BCUT2D eigenvalue weighted by atomic mass is 10.0. The van der Waals surface area contributed by atoms with Gasteiger partial charge in [-0.25, -0.2) is 9.78 Å². The summed E-state index contributed by atoms with van der Waals surface area (Å²) in [6.07, 6.45) is 7.11. The van der Waals surface area contributed by atoms with Crippen LogP contribution in [0.4, 0.5) is 5.69 Å². The van der Waals surface area contributed by atoms with Crippen molar-refractivity contribution in [3.63, 3.8) is 0 Å². The smallest absolute Gasteiger partial charge is 0.326 e. The fourth-order valence-corrected chi connectivity index (χ4v) is 5.50. The number of aliphatic hydroxyl groups is 1. The molecule has 4 rings (SSSR count). The highest BCUT2D eigenvalue weighted by Crippen LogP contribution is 2.39. The van der Waals surface area contributed by atoms with Crippen LogP contribution >= 0.6 is 0 Å². The number of aromatic amines is 1. The lowest BCUT2D eigenvalue weighted by molar-refractivity contribution is -0.140. The average Bonchev–Trinajstić information content (AvgIpc) is 3.42. The molecular formula is C32H35N5O8. The maximum Gasteiger partial charge on any atom is 0.326 e. The van der Waals surface area contributed by atoms with E-state index in [9.17, 15) is 34.2 Å². The molecule has 0 saturated heterocycles. The number of terminal acetylenes is 1. The van der Waals surface area contributed by atoms with Crippen LogP contribution in [0.2, 0.25) is 0 Å². The standard InChI is InChI=1S/C32H35N5O8/c1-3-14-37(26-12-8-20-16-25-23(17-22(20)26)31(43)35-27(18-38)33-25)21-9-6-19(7-10-21)30(42)34-24(32(44)45)11-13-28(39)36(2)15-4-5-29(40)41/h1,6-7,9-10,16-17,24,26,38H,4-5,8,11-15,18H2,2H3,(H,34,42)(H,40,41)(H,44,45)(H,33,35,43)/t24-,26?/m0/s1. The van der Waals surface area contributed by atoms with E-state index in [2.05, 4.69) is 21.2 Å². The van der Waals surface area contributed by atoms with Gasteiger partial charge in [-0.05, 0) is 73.2 Å². The van der Waals surface area contributed by atoms with Crippen LogP contribution < -0.4 is 15.8 Å². The molecule has 1 aliphatic carbocycles. The molecule has 1 aromatic heterocycles. The molecule has 1 aliphatic rings. The van der Waals surface area contributed by atoms with Crippen molar-refractivity contribution < 1.29 is 34.5 Å². The van der Waals surface area contributed by atoms with Crippen molar-refractivity contribution in [3.05, 3.63) is 69.3 Å². The minimum absolute atomic E-state index is 0.0818. The van der Waals surface area contributed by atoms with Crippen LogP contribution in [0, 0.1) is 12.3 Å². The summed E-state index contributed by atoms with van der Waals surface area (Å²) in [6.45, 7) is 0.106. The Morgan fingerprint density at radius 3 is 2.53 bits per heavy atom. The topological polar surface area (TPSA) is 193 Å². The summed E-state index contributed by atoms with van der Waals surface area (Å²) in [5.41, 5.74) is 3.08. The van der Waals surface area contributed by atoms with Gasteiger partial charge in [-0.1, -0.05) is 5.92 Å². The quantitative estimate of drug-likeness (QED) is 0.167. The zero-order chi connectivity index (χ0) is 32.7. The van der Waals surface area contributed by atoms with E-state index in [-0.39, 0.29) is 74.3 Å². The molecule has 0 aliphatic heterocycles. The number of carboxylic acids is 2. The summed E-state index contributed by atoms with van der Waals surface area (Å²) in [6, 6.07) is 8.80. The van der Waals surface area contributed by atoms with Crippen LogP contribution in [-0.4, -0.2) is 80.1 Å². The molecule has 0 bridgehead atoms. The molecule has 2 aromatic carbocycles. The molecule has 2 amide bonds. The number of rotatable bonds is 14. The summed E-state index contributed by atoms with van der Waals surface area (Å²) in [7, 11) is 1.51. The zero-order valence-corrected chi connectivity index (χ0v) is 24.8. The predicted octanol–water partition coefficient (Wildman–Crippen LogP) is 1.83. The van der Waals surface area contributed by atoms with E-state index in [1.165, 1.54) is 11.9 Å². The van der Waals surface area contributed by atoms with E-state index in [1.807, 2.05) is 17.0 Å². The Bertz CT molecular complexity index is 1690. The highest BCUT2D eigenvalue weighted by Gasteiger charge is 2.29. The van der Waals surface area contributed by atoms with Crippen LogP contribution in [-0.2, 0) is 27.4 Å². The SMILES string of the molecule is C#CCN(c1ccc(C(=O)N[C@@H](CCC(=O)N(C)CCCC(=O)O)C(=O)O)cc1)C1CCc2cc3nc(CO)[nH]c(=O)c3cc21. The number of nitrogens with zero attached hydrogens (tertiary/aromatic N) is 3. The fourth-order valence-electron chi connectivity index (χ4n) is 5.50. The molecule has 3 aromatic rings. The van der Waals surface area contributed by atoms with E-state index in [4.69, 9.17) is 11.5 Å². The Labute approximate surface area is 258 Å². The van der Waals surface area contributed by atoms with Crippen molar-refractivity contribution >= 4 is 40.3 Å². The Morgan fingerprint density at radius 1 is 1.16 bits per heavy atom. The lowest BCUT2D eigenvalue weighted by Gasteiger charge is -2.30. The van der Waals surface area contributed by atoms with Gasteiger partial charge < -0.3 is 35.4 Å². The van der Waals surface area contributed by atoms with Crippen molar-refractivity contribution in [2.24, 2.45) is 0 Å². The molecule has 1 heterocycles. The third-order valence-corrected chi connectivity index (χ3v) is 7.87. The van der Waals surface area contributed by atoms with Crippen LogP contribution in [0.3, 0.4) is 0 Å². The number of aromatic nitrogens is 2. The number of carboxylic acid groups (broad SMARTS) is 2. The van der Waals surface area contributed by atoms with Gasteiger partial charge >= 0.3 is 11.9 Å². The van der Waals surface area contributed by atoms with Crippen LogP contribution in [0.25, 0.3) is 10.9 Å². The normalized spacial score (nSPS) is 14.3. The summed E-state index contributed by atoms with van der Waals surface area (Å²) in [4.78, 5) is 70.7. The first-order chi connectivity index (χ1) is 21.5. The number of H-pyrrole nitrogens is 1. The molecule has 2 atom stereocenters. The molecule has 45 heavy (non-hydrogen) atoms. The Kier molecular flexibility index (Phi) is 10.5. The van der Waals surface area contributed by atoms with E-state index < -0.39 is 23.9 Å². The molecule has 1 unspecified atom stereocenters.